The smallest absolute Gasteiger partial charge is 0.276 e. The molecular formula is C10H7N3O2. The molecular weight excluding hydrogens is 194 g/mol. The van der Waals surface area contributed by atoms with Gasteiger partial charge in [0.2, 0.25) is 0 Å². The molecule has 1 aliphatic rings. The van der Waals surface area contributed by atoms with Crippen LogP contribution in [-0.4, -0.2) is 15.2 Å². The Bertz CT molecular complexity index is 694. The van der Waals surface area contributed by atoms with Gasteiger partial charge in [0.05, 0.1) is 12.7 Å². The van der Waals surface area contributed by atoms with Crippen LogP contribution >= 0.6 is 0 Å². The van der Waals surface area contributed by atoms with Crippen LogP contribution in [0.3, 0.4) is 0 Å². The van der Waals surface area contributed by atoms with E-state index >= 15 is 0 Å². The summed E-state index contributed by atoms with van der Waals surface area (Å²) in [7, 11) is 0. The topological polar surface area (TPSA) is 55.8 Å². The van der Waals surface area contributed by atoms with E-state index in [0.717, 1.165) is 0 Å². The SMILES string of the molecule is O=c1c2cccc(=O)n2cc2n1CC=N2. The normalized spacial score (nSPS) is 13.3. The molecule has 1 aliphatic heterocycles. The van der Waals surface area contributed by atoms with Crippen molar-refractivity contribution in [2.24, 2.45) is 4.99 Å². The molecule has 5 nitrogen and oxygen atoms in total. The van der Waals surface area contributed by atoms with E-state index in [1.165, 1.54) is 15.0 Å². The molecule has 0 spiro atoms. The lowest BCUT2D eigenvalue weighted by Gasteiger charge is -2.04. The fraction of sp³-hybridized carbons (Fsp3) is 0.100. The van der Waals surface area contributed by atoms with Gasteiger partial charge in [-0.25, -0.2) is 4.99 Å². The molecule has 0 radical (unpaired) electrons. The summed E-state index contributed by atoms with van der Waals surface area (Å²) in [6, 6.07) is 4.64. The Hall–Kier alpha value is -2.17. The van der Waals surface area contributed by atoms with Gasteiger partial charge in [-0.05, 0) is 6.07 Å². The van der Waals surface area contributed by atoms with Crippen molar-refractivity contribution >= 4 is 17.5 Å². The number of nitrogens with zero attached hydrogens (tertiary/aromatic N) is 3. The van der Waals surface area contributed by atoms with Crippen molar-refractivity contribution in [3.63, 3.8) is 0 Å². The molecule has 0 aliphatic carbocycles. The third-order valence-corrected chi connectivity index (χ3v) is 2.46. The first kappa shape index (κ1) is 8.16. The van der Waals surface area contributed by atoms with Gasteiger partial charge in [0.1, 0.15) is 5.52 Å². The molecule has 0 saturated heterocycles. The van der Waals surface area contributed by atoms with Gasteiger partial charge in [0.15, 0.2) is 5.82 Å². The maximum absolute atomic E-state index is 11.9. The Kier molecular flexibility index (Phi) is 1.45. The van der Waals surface area contributed by atoms with Gasteiger partial charge in [-0.2, -0.15) is 0 Å². The fourth-order valence-electron chi connectivity index (χ4n) is 1.73. The summed E-state index contributed by atoms with van der Waals surface area (Å²) in [4.78, 5) is 27.4. The van der Waals surface area contributed by atoms with Gasteiger partial charge in [0, 0.05) is 12.3 Å². The molecule has 0 fully saturated rings. The van der Waals surface area contributed by atoms with Gasteiger partial charge in [-0.1, -0.05) is 6.07 Å². The summed E-state index contributed by atoms with van der Waals surface area (Å²) < 4.78 is 2.87. The minimum atomic E-state index is -0.213. The van der Waals surface area contributed by atoms with Crippen molar-refractivity contribution in [1.29, 1.82) is 0 Å². The fourth-order valence-corrected chi connectivity index (χ4v) is 1.73. The number of fused-ring (bicyclic) bond motifs is 2. The van der Waals surface area contributed by atoms with Gasteiger partial charge in [0.25, 0.3) is 11.1 Å². The average Bonchev–Trinajstić information content (AvgIpc) is 2.68. The Balaban J connectivity index is 2.61. The highest BCUT2D eigenvalue weighted by molar-refractivity contribution is 5.67. The molecule has 2 aromatic heterocycles. The maximum atomic E-state index is 11.9. The molecule has 15 heavy (non-hydrogen) atoms. The maximum Gasteiger partial charge on any atom is 0.276 e. The number of rotatable bonds is 0. The van der Waals surface area contributed by atoms with Crippen molar-refractivity contribution in [3.05, 3.63) is 45.1 Å². The zero-order valence-electron chi connectivity index (χ0n) is 7.75. The van der Waals surface area contributed by atoms with Crippen LogP contribution in [0.15, 0.2) is 39.0 Å². The molecule has 3 rings (SSSR count). The lowest BCUT2D eigenvalue weighted by molar-refractivity contribution is 0.831. The summed E-state index contributed by atoms with van der Waals surface area (Å²) in [5, 5.41) is 0. The van der Waals surface area contributed by atoms with Crippen LogP contribution in [0.1, 0.15) is 0 Å². The zero-order valence-corrected chi connectivity index (χ0v) is 7.75. The van der Waals surface area contributed by atoms with Crippen LogP contribution < -0.4 is 11.1 Å². The first-order valence-electron chi connectivity index (χ1n) is 4.55. The first-order chi connectivity index (χ1) is 7.27. The van der Waals surface area contributed by atoms with Crippen LogP contribution in [0.4, 0.5) is 5.82 Å². The largest absolute Gasteiger partial charge is 0.285 e. The zero-order chi connectivity index (χ0) is 10.4. The molecule has 0 unspecified atom stereocenters. The summed E-state index contributed by atoms with van der Waals surface area (Å²) in [5.74, 6) is 0.529. The molecule has 0 saturated carbocycles. The van der Waals surface area contributed by atoms with Crippen molar-refractivity contribution < 1.29 is 0 Å². The van der Waals surface area contributed by atoms with Crippen LogP contribution in [0.25, 0.3) is 5.52 Å². The molecule has 74 valence electrons. The van der Waals surface area contributed by atoms with E-state index in [1.807, 2.05) is 0 Å². The van der Waals surface area contributed by atoms with E-state index in [9.17, 15) is 9.59 Å². The quantitative estimate of drug-likeness (QED) is 0.610. The van der Waals surface area contributed by atoms with Crippen LogP contribution in [0, 0.1) is 0 Å². The predicted molar refractivity (Wildman–Crippen MR) is 56.1 cm³/mol. The Morgan fingerprint density at radius 1 is 1.27 bits per heavy atom. The van der Waals surface area contributed by atoms with Crippen LogP contribution in [0.2, 0.25) is 0 Å². The summed E-state index contributed by atoms with van der Waals surface area (Å²) in [6.07, 6.45) is 3.24. The highest BCUT2D eigenvalue weighted by Crippen LogP contribution is 2.12. The summed E-state index contributed by atoms with van der Waals surface area (Å²) in [6.45, 7) is 0.480. The minimum Gasteiger partial charge on any atom is -0.285 e. The molecule has 0 aromatic carbocycles. The molecule has 0 atom stereocenters. The van der Waals surface area contributed by atoms with E-state index < -0.39 is 0 Å². The summed E-state index contributed by atoms with van der Waals surface area (Å²) in [5.41, 5.74) is -0.00505. The van der Waals surface area contributed by atoms with Crippen LogP contribution in [-0.2, 0) is 6.54 Å². The minimum absolute atomic E-state index is 0.178. The number of aliphatic imine (C=N–C) groups is 1. The second-order valence-corrected chi connectivity index (χ2v) is 3.33. The van der Waals surface area contributed by atoms with Crippen molar-refractivity contribution in [2.45, 2.75) is 6.54 Å². The number of hydrogen-bond donors (Lipinski definition) is 0. The van der Waals surface area contributed by atoms with E-state index in [0.29, 0.717) is 17.9 Å². The van der Waals surface area contributed by atoms with E-state index in [1.54, 1.807) is 24.5 Å². The lowest BCUT2D eigenvalue weighted by atomic mass is 10.4. The third-order valence-electron chi connectivity index (χ3n) is 2.46. The van der Waals surface area contributed by atoms with E-state index in [-0.39, 0.29) is 11.1 Å². The Morgan fingerprint density at radius 3 is 3.00 bits per heavy atom. The second-order valence-electron chi connectivity index (χ2n) is 3.33. The first-order valence-corrected chi connectivity index (χ1v) is 4.55. The highest BCUT2D eigenvalue weighted by Gasteiger charge is 2.11. The molecule has 0 N–H and O–H groups in total. The monoisotopic (exact) mass is 201 g/mol. The lowest BCUT2D eigenvalue weighted by Crippen LogP contribution is -2.25. The van der Waals surface area contributed by atoms with Crippen LogP contribution in [0.5, 0.6) is 0 Å². The van der Waals surface area contributed by atoms with Gasteiger partial charge in [-0.3, -0.25) is 18.6 Å². The summed E-state index contributed by atoms with van der Waals surface area (Å²) >= 11 is 0. The Morgan fingerprint density at radius 2 is 2.13 bits per heavy atom. The third kappa shape index (κ3) is 0.999. The molecule has 3 heterocycles. The standard InChI is InChI=1S/C10H7N3O2/c14-9-3-1-2-7-10(15)12-5-4-11-8(12)6-13(7)9/h1-4,6H,5H2. The molecule has 5 heteroatoms. The van der Waals surface area contributed by atoms with Gasteiger partial charge < -0.3 is 0 Å². The molecule has 0 amide bonds. The predicted octanol–water partition coefficient (Wildman–Crippen LogP) is 0.177. The highest BCUT2D eigenvalue weighted by atomic mass is 16.1. The second kappa shape index (κ2) is 2.66. The molecule has 2 aromatic rings. The number of hydrogen-bond acceptors (Lipinski definition) is 3. The van der Waals surface area contributed by atoms with Gasteiger partial charge >= 0.3 is 0 Å². The van der Waals surface area contributed by atoms with E-state index in [2.05, 4.69) is 4.99 Å². The molecule has 0 bridgehead atoms. The van der Waals surface area contributed by atoms with Gasteiger partial charge in [-0.15, -0.1) is 0 Å². The number of aromatic nitrogens is 2. The average molecular weight is 201 g/mol. The van der Waals surface area contributed by atoms with Crippen molar-refractivity contribution in [2.75, 3.05) is 0 Å². The van der Waals surface area contributed by atoms with Crippen molar-refractivity contribution in [3.8, 4) is 0 Å². The van der Waals surface area contributed by atoms with E-state index in [4.69, 9.17) is 0 Å². The Labute approximate surface area is 83.9 Å². The van der Waals surface area contributed by atoms with Crippen molar-refractivity contribution in [1.82, 2.24) is 8.97 Å². The number of pyridine rings is 1.